The molecular formula is C20H24N2O4. The van der Waals surface area contributed by atoms with E-state index in [-0.39, 0.29) is 18.4 Å². The molecule has 1 N–H and O–H groups in total. The summed E-state index contributed by atoms with van der Waals surface area (Å²) in [7, 11) is 3.34. The van der Waals surface area contributed by atoms with Gasteiger partial charge in [-0.2, -0.15) is 0 Å². The average molecular weight is 356 g/mol. The van der Waals surface area contributed by atoms with Crippen LogP contribution in [0.3, 0.4) is 0 Å². The lowest BCUT2D eigenvalue weighted by atomic mass is 10.2. The zero-order chi connectivity index (χ0) is 18.9. The second kappa shape index (κ2) is 9.58. The van der Waals surface area contributed by atoms with Crippen LogP contribution in [0.1, 0.15) is 12.5 Å². The van der Waals surface area contributed by atoms with Gasteiger partial charge in [0, 0.05) is 19.8 Å². The zero-order valence-electron chi connectivity index (χ0n) is 15.3. The minimum atomic E-state index is -0.580. The van der Waals surface area contributed by atoms with Gasteiger partial charge < -0.3 is 19.7 Å². The number of nitrogens with zero attached hydrogens (tertiary/aromatic N) is 1. The van der Waals surface area contributed by atoms with Crippen LogP contribution < -0.4 is 10.1 Å². The summed E-state index contributed by atoms with van der Waals surface area (Å²) < 4.78 is 11.0. The fraction of sp³-hybridized carbons (Fsp3) is 0.300. The molecule has 0 saturated carbocycles. The second-order valence-electron chi connectivity index (χ2n) is 6.03. The lowest BCUT2D eigenvalue weighted by Crippen LogP contribution is -2.28. The van der Waals surface area contributed by atoms with Crippen molar-refractivity contribution in [1.82, 2.24) is 4.90 Å². The third kappa shape index (κ3) is 6.22. The van der Waals surface area contributed by atoms with Gasteiger partial charge in [0.2, 0.25) is 0 Å². The van der Waals surface area contributed by atoms with Gasteiger partial charge in [0.15, 0.2) is 6.61 Å². The monoisotopic (exact) mass is 356 g/mol. The molecule has 0 spiro atoms. The highest BCUT2D eigenvalue weighted by atomic mass is 16.5. The molecule has 2 aromatic carbocycles. The smallest absolute Gasteiger partial charge is 0.259 e. The van der Waals surface area contributed by atoms with Crippen LogP contribution in [0.4, 0.5) is 5.69 Å². The lowest BCUT2D eigenvalue weighted by Gasteiger charge is -2.14. The molecule has 26 heavy (non-hydrogen) atoms. The molecule has 0 aliphatic rings. The third-order valence-corrected chi connectivity index (χ3v) is 3.70. The van der Waals surface area contributed by atoms with E-state index in [1.165, 1.54) is 4.90 Å². The number of carbonyl (C=O) groups is 2. The highest BCUT2D eigenvalue weighted by Gasteiger charge is 2.14. The van der Waals surface area contributed by atoms with Crippen LogP contribution in [0.25, 0.3) is 0 Å². The van der Waals surface area contributed by atoms with Crippen LogP contribution in [0.2, 0.25) is 0 Å². The summed E-state index contributed by atoms with van der Waals surface area (Å²) in [6.45, 7) is 2.06. The molecule has 0 saturated heterocycles. The van der Waals surface area contributed by atoms with Crippen molar-refractivity contribution in [3.63, 3.8) is 0 Å². The Morgan fingerprint density at radius 2 is 1.69 bits per heavy atom. The molecule has 1 atom stereocenters. The Labute approximate surface area is 153 Å². The van der Waals surface area contributed by atoms with Gasteiger partial charge in [-0.05, 0) is 36.8 Å². The fourth-order valence-electron chi connectivity index (χ4n) is 2.02. The van der Waals surface area contributed by atoms with Crippen LogP contribution in [-0.4, -0.2) is 43.5 Å². The van der Waals surface area contributed by atoms with E-state index in [4.69, 9.17) is 9.47 Å². The number of carbonyl (C=O) groups excluding carboxylic acids is 2. The molecule has 0 aliphatic carbocycles. The molecule has 2 rings (SSSR count). The van der Waals surface area contributed by atoms with Gasteiger partial charge in [-0.1, -0.05) is 30.3 Å². The predicted molar refractivity (Wildman–Crippen MR) is 100.0 cm³/mol. The number of benzene rings is 2. The fourth-order valence-corrected chi connectivity index (χ4v) is 2.02. The van der Waals surface area contributed by atoms with E-state index in [2.05, 4.69) is 5.32 Å². The van der Waals surface area contributed by atoms with Gasteiger partial charge in [-0.25, -0.2) is 0 Å². The van der Waals surface area contributed by atoms with Crippen molar-refractivity contribution < 1.29 is 19.1 Å². The van der Waals surface area contributed by atoms with Crippen LogP contribution in [-0.2, 0) is 20.9 Å². The van der Waals surface area contributed by atoms with E-state index >= 15 is 0 Å². The number of hydrogen-bond acceptors (Lipinski definition) is 4. The van der Waals surface area contributed by atoms with Gasteiger partial charge in [0.25, 0.3) is 11.8 Å². The third-order valence-electron chi connectivity index (χ3n) is 3.70. The van der Waals surface area contributed by atoms with Gasteiger partial charge in [0.1, 0.15) is 11.9 Å². The molecule has 2 aromatic rings. The average Bonchev–Trinajstić information content (AvgIpc) is 2.65. The number of likely N-dealkylation sites (N-methyl/N-ethyl adjacent to an activating group) is 1. The van der Waals surface area contributed by atoms with Crippen LogP contribution in [0, 0.1) is 0 Å². The molecule has 0 radical (unpaired) electrons. The Bertz CT molecular complexity index is 714. The summed E-state index contributed by atoms with van der Waals surface area (Å²) in [6, 6.07) is 16.5. The first-order valence-corrected chi connectivity index (χ1v) is 8.35. The minimum absolute atomic E-state index is 0.0247. The van der Waals surface area contributed by atoms with Crippen LogP contribution in [0.15, 0.2) is 54.6 Å². The molecule has 0 unspecified atom stereocenters. The minimum Gasteiger partial charge on any atom is -0.484 e. The first-order valence-electron chi connectivity index (χ1n) is 8.35. The number of nitrogens with one attached hydrogen (secondary N) is 1. The van der Waals surface area contributed by atoms with Crippen LogP contribution in [0.5, 0.6) is 5.75 Å². The quantitative estimate of drug-likeness (QED) is 0.790. The largest absolute Gasteiger partial charge is 0.484 e. The topological polar surface area (TPSA) is 67.9 Å². The zero-order valence-corrected chi connectivity index (χ0v) is 15.3. The molecule has 0 fully saturated rings. The molecular weight excluding hydrogens is 332 g/mol. The highest BCUT2D eigenvalue weighted by Crippen LogP contribution is 2.16. The molecule has 0 aliphatic heterocycles. The number of rotatable bonds is 8. The maximum atomic E-state index is 12.2. The normalized spacial score (nSPS) is 11.5. The second-order valence-corrected chi connectivity index (χ2v) is 6.03. The summed E-state index contributed by atoms with van der Waals surface area (Å²) in [5, 5.41) is 2.79. The Morgan fingerprint density at radius 3 is 2.31 bits per heavy atom. The van der Waals surface area contributed by atoms with Crippen molar-refractivity contribution in [2.75, 3.05) is 26.0 Å². The summed E-state index contributed by atoms with van der Waals surface area (Å²) in [5.41, 5.74) is 1.65. The Kier molecular flexibility index (Phi) is 7.17. The van der Waals surface area contributed by atoms with E-state index < -0.39 is 6.10 Å². The van der Waals surface area contributed by atoms with Crippen LogP contribution >= 0.6 is 0 Å². The number of amides is 2. The number of anilines is 1. The van der Waals surface area contributed by atoms with Crippen molar-refractivity contribution >= 4 is 17.5 Å². The number of ether oxygens (including phenoxy) is 2. The molecule has 6 heteroatoms. The maximum absolute atomic E-state index is 12.2. The summed E-state index contributed by atoms with van der Waals surface area (Å²) in [5.74, 6) is 0.218. The highest BCUT2D eigenvalue weighted by molar-refractivity contribution is 5.93. The Balaban J connectivity index is 1.80. The van der Waals surface area contributed by atoms with E-state index in [1.54, 1.807) is 45.3 Å². The molecule has 0 aromatic heterocycles. The van der Waals surface area contributed by atoms with Crippen molar-refractivity contribution in [3.05, 3.63) is 60.2 Å². The predicted octanol–water partition coefficient (Wildman–Crippen LogP) is 2.70. The molecule has 0 heterocycles. The lowest BCUT2D eigenvalue weighted by molar-refractivity contribution is -0.130. The van der Waals surface area contributed by atoms with Crippen molar-refractivity contribution in [1.29, 1.82) is 0 Å². The van der Waals surface area contributed by atoms with E-state index in [0.29, 0.717) is 18.0 Å². The summed E-state index contributed by atoms with van der Waals surface area (Å²) >= 11 is 0. The molecule has 2 amide bonds. The number of hydrogen-bond donors (Lipinski definition) is 1. The van der Waals surface area contributed by atoms with Crippen molar-refractivity contribution in [3.8, 4) is 5.75 Å². The van der Waals surface area contributed by atoms with Gasteiger partial charge >= 0.3 is 0 Å². The Morgan fingerprint density at radius 1 is 1.04 bits per heavy atom. The van der Waals surface area contributed by atoms with E-state index in [9.17, 15) is 9.59 Å². The maximum Gasteiger partial charge on any atom is 0.259 e. The van der Waals surface area contributed by atoms with E-state index in [0.717, 1.165) is 5.56 Å². The van der Waals surface area contributed by atoms with Gasteiger partial charge in [-0.15, -0.1) is 0 Å². The van der Waals surface area contributed by atoms with Crippen molar-refractivity contribution in [2.45, 2.75) is 19.6 Å². The first kappa shape index (κ1) is 19.5. The summed E-state index contributed by atoms with van der Waals surface area (Å²) in [6.07, 6.45) is -0.580. The molecule has 6 nitrogen and oxygen atoms in total. The Hall–Kier alpha value is -2.86. The molecule has 138 valence electrons. The standard InChI is InChI=1S/C20H24N2O4/c1-15(25-13-16-7-5-4-6-8-16)20(24)21-17-9-11-18(12-10-17)26-14-19(23)22(2)3/h4-12,15H,13-14H2,1-3H3,(H,21,24)/t15-/m1/s1. The SMILES string of the molecule is C[C@@H](OCc1ccccc1)C(=O)Nc1ccc(OCC(=O)N(C)C)cc1. The molecule has 0 bridgehead atoms. The van der Waals surface area contributed by atoms with E-state index in [1.807, 2.05) is 30.3 Å². The first-order chi connectivity index (χ1) is 12.5. The van der Waals surface area contributed by atoms with Gasteiger partial charge in [-0.3, -0.25) is 9.59 Å². The van der Waals surface area contributed by atoms with Gasteiger partial charge in [0.05, 0.1) is 6.61 Å². The van der Waals surface area contributed by atoms with Crippen molar-refractivity contribution in [2.24, 2.45) is 0 Å². The summed E-state index contributed by atoms with van der Waals surface area (Å²) in [4.78, 5) is 25.2.